The summed E-state index contributed by atoms with van der Waals surface area (Å²) in [6.45, 7) is 5.77. The second kappa shape index (κ2) is 10.1. The van der Waals surface area contributed by atoms with E-state index in [-0.39, 0.29) is 10.5 Å². The molecule has 0 radical (unpaired) electrons. The highest BCUT2D eigenvalue weighted by molar-refractivity contribution is 7.89. The van der Waals surface area contributed by atoms with Crippen molar-refractivity contribution in [1.29, 1.82) is 0 Å². The molecule has 0 saturated carbocycles. The van der Waals surface area contributed by atoms with Crippen molar-refractivity contribution >= 4 is 27.3 Å². The van der Waals surface area contributed by atoms with Crippen molar-refractivity contribution in [3.8, 4) is 5.75 Å². The van der Waals surface area contributed by atoms with Crippen LogP contribution in [0.15, 0.2) is 65.6 Å². The third-order valence-corrected chi connectivity index (χ3v) is 8.22. The number of nitrogens with zero attached hydrogens (tertiary/aromatic N) is 2. The van der Waals surface area contributed by atoms with Crippen LogP contribution in [0.25, 0.3) is 0 Å². The largest absolute Gasteiger partial charge is 0.497 e. The zero-order chi connectivity index (χ0) is 25.2. The summed E-state index contributed by atoms with van der Waals surface area (Å²) in [4.78, 5) is 14.8. The van der Waals surface area contributed by atoms with E-state index in [0.717, 1.165) is 17.8 Å². The van der Waals surface area contributed by atoms with Crippen LogP contribution in [-0.2, 0) is 10.0 Å². The smallest absolute Gasteiger partial charge is 0.258 e. The highest BCUT2D eigenvalue weighted by atomic mass is 32.2. The van der Waals surface area contributed by atoms with E-state index in [1.165, 1.54) is 28.6 Å². The SMILES string of the molecule is COc1ccc(NC(=O)c2cc(S(=O)(=O)N3CCN(c4cccc(C)c4C)CC3)ccc2F)cc1. The molecule has 3 aromatic rings. The van der Waals surface area contributed by atoms with Crippen molar-refractivity contribution in [2.75, 3.05) is 43.5 Å². The number of amides is 1. The molecule has 0 spiro atoms. The van der Waals surface area contributed by atoms with E-state index in [0.29, 0.717) is 37.6 Å². The molecular formula is C26H28FN3O4S. The Balaban J connectivity index is 1.50. The molecule has 0 atom stereocenters. The van der Waals surface area contributed by atoms with Gasteiger partial charge in [0.15, 0.2) is 0 Å². The maximum atomic E-state index is 14.5. The van der Waals surface area contributed by atoms with E-state index in [2.05, 4.69) is 30.1 Å². The highest BCUT2D eigenvalue weighted by Crippen LogP contribution is 2.26. The molecule has 1 aliphatic rings. The van der Waals surface area contributed by atoms with Gasteiger partial charge < -0.3 is 15.0 Å². The standard InChI is InChI=1S/C26H28FN3O4S/c1-18-5-4-6-25(19(18)2)29-13-15-30(16-14-29)35(32,33)22-11-12-24(27)23(17-22)26(31)28-20-7-9-21(34-3)10-8-20/h4-12,17H,13-16H2,1-3H3,(H,28,31). The minimum Gasteiger partial charge on any atom is -0.497 e. The normalized spacial score (nSPS) is 14.6. The summed E-state index contributed by atoms with van der Waals surface area (Å²) >= 11 is 0. The molecule has 1 heterocycles. The van der Waals surface area contributed by atoms with Gasteiger partial charge in [0.25, 0.3) is 5.91 Å². The Hall–Kier alpha value is -3.43. The number of halogens is 1. The van der Waals surface area contributed by atoms with Gasteiger partial charge in [0.05, 0.1) is 17.6 Å². The summed E-state index contributed by atoms with van der Waals surface area (Å²) in [7, 11) is -2.37. The highest BCUT2D eigenvalue weighted by Gasteiger charge is 2.30. The number of anilines is 2. The van der Waals surface area contributed by atoms with Crippen LogP contribution in [0.5, 0.6) is 5.75 Å². The van der Waals surface area contributed by atoms with Crippen LogP contribution in [0.4, 0.5) is 15.8 Å². The van der Waals surface area contributed by atoms with Crippen molar-refractivity contribution in [2.24, 2.45) is 0 Å². The van der Waals surface area contributed by atoms with Crippen LogP contribution in [0.2, 0.25) is 0 Å². The van der Waals surface area contributed by atoms with E-state index in [4.69, 9.17) is 4.74 Å². The number of sulfonamides is 1. The van der Waals surface area contributed by atoms with Gasteiger partial charge in [-0.3, -0.25) is 4.79 Å². The number of carbonyl (C=O) groups excluding carboxylic acids is 1. The molecule has 184 valence electrons. The molecule has 1 aliphatic heterocycles. The summed E-state index contributed by atoms with van der Waals surface area (Å²) in [5.41, 5.74) is 3.56. The van der Waals surface area contributed by atoms with Crippen molar-refractivity contribution in [3.05, 3.63) is 83.2 Å². The Morgan fingerprint density at radius 3 is 2.31 bits per heavy atom. The minimum absolute atomic E-state index is 0.112. The predicted octanol–water partition coefficient (Wildman–Crippen LogP) is 4.21. The maximum Gasteiger partial charge on any atom is 0.258 e. The fourth-order valence-corrected chi connectivity index (χ4v) is 5.56. The fraction of sp³-hybridized carbons (Fsp3) is 0.269. The number of methoxy groups -OCH3 is 1. The zero-order valence-electron chi connectivity index (χ0n) is 19.9. The molecule has 9 heteroatoms. The summed E-state index contributed by atoms with van der Waals surface area (Å²) in [6, 6.07) is 16.0. The van der Waals surface area contributed by atoms with Crippen molar-refractivity contribution in [2.45, 2.75) is 18.7 Å². The molecule has 0 unspecified atom stereocenters. The number of nitrogens with one attached hydrogen (secondary N) is 1. The fourth-order valence-electron chi connectivity index (χ4n) is 4.11. The van der Waals surface area contributed by atoms with Crippen LogP contribution in [0.1, 0.15) is 21.5 Å². The molecule has 1 amide bonds. The Labute approximate surface area is 205 Å². The lowest BCUT2D eigenvalue weighted by Gasteiger charge is -2.36. The summed E-state index contributed by atoms with van der Waals surface area (Å²) in [6.07, 6.45) is 0. The number of hydrogen-bond donors (Lipinski definition) is 1. The van der Waals surface area contributed by atoms with E-state index in [1.54, 1.807) is 24.3 Å². The van der Waals surface area contributed by atoms with Crippen LogP contribution in [0.3, 0.4) is 0 Å². The average Bonchev–Trinajstić information content (AvgIpc) is 2.86. The second-order valence-corrected chi connectivity index (χ2v) is 10.4. The van der Waals surface area contributed by atoms with Gasteiger partial charge in [-0.05, 0) is 73.5 Å². The molecule has 7 nitrogen and oxygen atoms in total. The van der Waals surface area contributed by atoms with Gasteiger partial charge in [0.2, 0.25) is 10.0 Å². The lowest BCUT2D eigenvalue weighted by molar-refractivity contribution is 0.102. The Morgan fingerprint density at radius 2 is 1.66 bits per heavy atom. The van der Waals surface area contributed by atoms with Crippen LogP contribution >= 0.6 is 0 Å². The molecule has 0 aromatic heterocycles. The summed E-state index contributed by atoms with van der Waals surface area (Å²) in [5, 5.41) is 2.59. The molecule has 0 aliphatic carbocycles. The third-order valence-electron chi connectivity index (χ3n) is 6.32. The number of ether oxygens (including phenoxy) is 1. The molecule has 1 saturated heterocycles. The van der Waals surface area contributed by atoms with E-state index in [9.17, 15) is 17.6 Å². The van der Waals surface area contributed by atoms with Gasteiger partial charge in [0, 0.05) is 37.6 Å². The molecular weight excluding hydrogens is 469 g/mol. The number of piperazine rings is 1. The quantitative estimate of drug-likeness (QED) is 0.552. The Morgan fingerprint density at radius 1 is 0.971 bits per heavy atom. The minimum atomic E-state index is -3.90. The van der Waals surface area contributed by atoms with Gasteiger partial charge in [0.1, 0.15) is 11.6 Å². The van der Waals surface area contributed by atoms with Gasteiger partial charge in [-0.2, -0.15) is 4.31 Å². The number of aryl methyl sites for hydroxylation is 1. The average molecular weight is 498 g/mol. The van der Waals surface area contributed by atoms with Crippen molar-refractivity contribution < 1.29 is 22.3 Å². The Kier molecular flexibility index (Phi) is 7.09. The van der Waals surface area contributed by atoms with E-state index < -0.39 is 21.7 Å². The van der Waals surface area contributed by atoms with Crippen molar-refractivity contribution in [1.82, 2.24) is 4.31 Å². The topological polar surface area (TPSA) is 78.9 Å². The summed E-state index contributed by atoms with van der Waals surface area (Å²) in [5.74, 6) is -0.918. The van der Waals surface area contributed by atoms with Gasteiger partial charge in [-0.1, -0.05) is 12.1 Å². The molecule has 1 fully saturated rings. The van der Waals surface area contributed by atoms with Gasteiger partial charge in [-0.15, -0.1) is 0 Å². The predicted molar refractivity (Wildman–Crippen MR) is 134 cm³/mol. The number of rotatable bonds is 6. The summed E-state index contributed by atoms with van der Waals surface area (Å²) < 4.78 is 47.6. The lowest BCUT2D eigenvalue weighted by atomic mass is 10.1. The van der Waals surface area contributed by atoms with Gasteiger partial charge >= 0.3 is 0 Å². The van der Waals surface area contributed by atoms with Crippen LogP contribution < -0.4 is 15.0 Å². The monoisotopic (exact) mass is 497 g/mol. The van der Waals surface area contributed by atoms with Crippen molar-refractivity contribution in [3.63, 3.8) is 0 Å². The van der Waals surface area contributed by atoms with Crippen LogP contribution in [-0.4, -0.2) is 51.9 Å². The molecule has 0 bridgehead atoms. The molecule has 4 rings (SSSR count). The molecule has 1 N–H and O–H groups in total. The second-order valence-electron chi connectivity index (χ2n) is 8.43. The van der Waals surface area contributed by atoms with Gasteiger partial charge in [-0.25, -0.2) is 12.8 Å². The first-order valence-electron chi connectivity index (χ1n) is 11.3. The lowest BCUT2D eigenvalue weighted by Crippen LogP contribution is -2.48. The third kappa shape index (κ3) is 5.16. The molecule has 3 aromatic carbocycles. The first-order chi connectivity index (χ1) is 16.7. The molecule has 35 heavy (non-hydrogen) atoms. The number of benzene rings is 3. The Bertz CT molecular complexity index is 1340. The maximum absolute atomic E-state index is 14.5. The van der Waals surface area contributed by atoms with E-state index >= 15 is 0 Å². The first kappa shape index (κ1) is 24.7. The number of hydrogen-bond acceptors (Lipinski definition) is 5. The first-order valence-corrected chi connectivity index (χ1v) is 12.7. The van der Waals surface area contributed by atoms with Crippen LogP contribution in [0, 0.1) is 19.7 Å². The van der Waals surface area contributed by atoms with E-state index in [1.807, 2.05) is 12.1 Å². The zero-order valence-corrected chi connectivity index (χ0v) is 20.7. The number of carbonyl (C=O) groups is 1.